The third-order valence-electron chi connectivity index (χ3n) is 4.07. The summed E-state index contributed by atoms with van der Waals surface area (Å²) in [6.45, 7) is 2.96. The van der Waals surface area contributed by atoms with E-state index in [1.165, 1.54) is 0 Å². The van der Waals surface area contributed by atoms with Crippen molar-refractivity contribution in [1.82, 2.24) is 10.6 Å². The van der Waals surface area contributed by atoms with Crippen molar-refractivity contribution in [1.29, 1.82) is 0 Å². The highest BCUT2D eigenvalue weighted by atomic mass is 16.5. The Morgan fingerprint density at radius 3 is 2.21 bits per heavy atom. The summed E-state index contributed by atoms with van der Waals surface area (Å²) in [5, 5.41) is 5.61. The Balaban J connectivity index is 1.75. The van der Waals surface area contributed by atoms with Gasteiger partial charge < -0.3 is 24.8 Å². The Morgan fingerprint density at radius 1 is 0.893 bits per heavy atom. The minimum atomic E-state index is -0.352. The van der Waals surface area contributed by atoms with E-state index in [2.05, 4.69) is 10.6 Å². The topological polar surface area (TPSA) is 85.9 Å². The molecular weight excluding hydrogens is 360 g/mol. The van der Waals surface area contributed by atoms with Crippen molar-refractivity contribution in [3.05, 3.63) is 59.2 Å². The average Bonchev–Trinajstić information content (AvgIpc) is 2.72. The van der Waals surface area contributed by atoms with Crippen LogP contribution in [-0.2, 0) is 17.7 Å². The predicted molar refractivity (Wildman–Crippen MR) is 106 cm³/mol. The highest BCUT2D eigenvalue weighted by Crippen LogP contribution is 2.27. The fourth-order valence-corrected chi connectivity index (χ4v) is 2.57. The van der Waals surface area contributed by atoms with E-state index in [0.717, 1.165) is 11.1 Å². The quantitative estimate of drug-likeness (QED) is 0.647. The summed E-state index contributed by atoms with van der Waals surface area (Å²) in [7, 11) is 3.18. The summed E-state index contributed by atoms with van der Waals surface area (Å²) in [5.74, 6) is 0.983. The van der Waals surface area contributed by atoms with Gasteiger partial charge in [-0.05, 0) is 48.7 Å². The van der Waals surface area contributed by atoms with Gasteiger partial charge in [0.15, 0.2) is 11.5 Å². The maximum Gasteiger partial charge on any atom is 0.338 e. The van der Waals surface area contributed by atoms with E-state index in [9.17, 15) is 9.59 Å². The molecule has 0 saturated heterocycles. The molecule has 2 amide bonds. The summed E-state index contributed by atoms with van der Waals surface area (Å²) in [6.07, 6.45) is 0.669. The molecule has 0 unspecified atom stereocenters. The second kappa shape index (κ2) is 10.8. The first kappa shape index (κ1) is 21.1. The van der Waals surface area contributed by atoms with Crippen LogP contribution in [0, 0.1) is 0 Å². The molecule has 0 aliphatic carbocycles. The van der Waals surface area contributed by atoms with Crippen LogP contribution in [0.25, 0.3) is 0 Å². The number of esters is 1. The number of amides is 2. The number of nitrogens with one attached hydrogen (secondary N) is 2. The molecule has 7 heteroatoms. The Bertz CT molecular complexity index is 790. The molecule has 7 nitrogen and oxygen atoms in total. The highest BCUT2D eigenvalue weighted by molar-refractivity contribution is 5.89. The first-order valence-corrected chi connectivity index (χ1v) is 9.06. The zero-order chi connectivity index (χ0) is 20.4. The first-order valence-electron chi connectivity index (χ1n) is 9.06. The summed E-state index contributed by atoms with van der Waals surface area (Å²) >= 11 is 0. The van der Waals surface area contributed by atoms with E-state index in [1.807, 2.05) is 18.2 Å². The molecule has 0 heterocycles. The van der Waals surface area contributed by atoms with Gasteiger partial charge in [-0.1, -0.05) is 18.2 Å². The molecule has 2 aromatic carbocycles. The van der Waals surface area contributed by atoms with E-state index in [0.29, 0.717) is 43.2 Å². The largest absolute Gasteiger partial charge is 0.493 e. The molecule has 0 fully saturated rings. The van der Waals surface area contributed by atoms with Crippen LogP contribution in [0.5, 0.6) is 11.5 Å². The molecule has 2 rings (SSSR count). The zero-order valence-corrected chi connectivity index (χ0v) is 16.4. The van der Waals surface area contributed by atoms with Crippen LogP contribution >= 0.6 is 0 Å². The van der Waals surface area contributed by atoms with Crippen LogP contribution in [0.2, 0.25) is 0 Å². The lowest BCUT2D eigenvalue weighted by Crippen LogP contribution is -2.36. The normalized spacial score (nSPS) is 10.1. The molecule has 0 radical (unpaired) electrons. The number of carbonyl (C=O) groups excluding carboxylic acids is 2. The lowest BCUT2D eigenvalue weighted by molar-refractivity contribution is 0.0526. The highest BCUT2D eigenvalue weighted by Gasteiger charge is 2.07. The van der Waals surface area contributed by atoms with Crippen LogP contribution in [-0.4, -0.2) is 39.4 Å². The second-order valence-corrected chi connectivity index (χ2v) is 5.97. The molecule has 0 atom stereocenters. The van der Waals surface area contributed by atoms with Gasteiger partial charge in [-0.15, -0.1) is 0 Å². The second-order valence-electron chi connectivity index (χ2n) is 5.97. The summed E-state index contributed by atoms with van der Waals surface area (Å²) in [6, 6.07) is 12.4. The lowest BCUT2D eigenvalue weighted by atomic mass is 10.1. The molecule has 2 N–H and O–H groups in total. The first-order chi connectivity index (χ1) is 13.6. The van der Waals surface area contributed by atoms with Crippen molar-refractivity contribution in [2.75, 3.05) is 27.4 Å². The van der Waals surface area contributed by atoms with Crippen molar-refractivity contribution in [3.8, 4) is 11.5 Å². The molecule has 0 spiro atoms. The van der Waals surface area contributed by atoms with Gasteiger partial charge in [0.05, 0.1) is 26.4 Å². The van der Waals surface area contributed by atoms with Gasteiger partial charge in [-0.25, -0.2) is 9.59 Å². The number of benzene rings is 2. The molecule has 0 aromatic heterocycles. The van der Waals surface area contributed by atoms with E-state index in [4.69, 9.17) is 14.2 Å². The zero-order valence-electron chi connectivity index (χ0n) is 16.4. The Labute approximate surface area is 165 Å². The van der Waals surface area contributed by atoms with E-state index < -0.39 is 0 Å². The van der Waals surface area contributed by atoms with Gasteiger partial charge in [0.25, 0.3) is 0 Å². The lowest BCUT2D eigenvalue weighted by Gasteiger charge is -2.11. The number of methoxy groups -OCH3 is 2. The molecule has 28 heavy (non-hydrogen) atoms. The minimum absolute atomic E-state index is 0.255. The van der Waals surface area contributed by atoms with Gasteiger partial charge >= 0.3 is 12.0 Å². The van der Waals surface area contributed by atoms with Crippen LogP contribution in [0.4, 0.5) is 4.79 Å². The van der Waals surface area contributed by atoms with Crippen molar-refractivity contribution >= 4 is 12.0 Å². The summed E-state index contributed by atoms with van der Waals surface area (Å²) < 4.78 is 15.4. The molecule has 0 aliphatic rings. The fourth-order valence-electron chi connectivity index (χ4n) is 2.57. The fraction of sp³-hybridized carbons (Fsp3) is 0.333. The van der Waals surface area contributed by atoms with E-state index >= 15 is 0 Å². The molecular formula is C21H26N2O5. The van der Waals surface area contributed by atoms with Crippen molar-refractivity contribution in [2.45, 2.75) is 19.9 Å². The maximum atomic E-state index is 11.9. The smallest absolute Gasteiger partial charge is 0.338 e. The molecule has 0 aliphatic heterocycles. The van der Waals surface area contributed by atoms with Gasteiger partial charge in [-0.2, -0.15) is 0 Å². The van der Waals surface area contributed by atoms with Crippen LogP contribution in [0.3, 0.4) is 0 Å². The van der Waals surface area contributed by atoms with Gasteiger partial charge in [0.1, 0.15) is 0 Å². The Kier molecular flexibility index (Phi) is 8.14. The predicted octanol–water partition coefficient (Wildman–Crippen LogP) is 2.92. The van der Waals surface area contributed by atoms with Crippen molar-refractivity contribution in [2.24, 2.45) is 0 Å². The van der Waals surface area contributed by atoms with Crippen LogP contribution in [0.1, 0.15) is 28.4 Å². The number of rotatable bonds is 9. The van der Waals surface area contributed by atoms with Crippen LogP contribution in [0.15, 0.2) is 42.5 Å². The molecule has 2 aromatic rings. The molecule has 0 saturated carbocycles. The standard InChI is InChI=1S/C21H26N2O5/c1-4-28-20(24)17-8-5-16(6-9-17)14-23-21(25)22-12-11-15-7-10-18(26-2)19(13-15)27-3/h5-10,13H,4,11-12,14H2,1-3H3,(H2,22,23,25). The SMILES string of the molecule is CCOC(=O)c1ccc(CNC(=O)NCCc2ccc(OC)c(OC)c2)cc1. The summed E-state index contributed by atoms with van der Waals surface area (Å²) in [4.78, 5) is 23.6. The van der Waals surface area contributed by atoms with Gasteiger partial charge in [-0.3, -0.25) is 0 Å². The molecule has 0 bridgehead atoms. The summed E-state index contributed by atoms with van der Waals surface area (Å²) in [5.41, 5.74) is 2.42. The molecule has 150 valence electrons. The monoisotopic (exact) mass is 386 g/mol. The van der Waals surface area contributed by atoms with Gasteiger partial charge in [0.2, 0.25) is 0 Å². The Hall–Kier alpha value is -3.22. The minimum Gasteiger partial charge on any atom is -0.493 e. The number of carbonyl (C=O) groups is 2. The van der Waals surface area contributed by atoms with Crippen molar-refractivity contribution in [3.63, 3.8) is 0 Å². The number of hydrogen-bond donors (Lipinski definition) is 2. The van der Waals surface area contributed by atoms with Crippen molar-refractivity contribution < 1.29 is 23.8 Å². The Morgan fingerprint density at radius 2 is 1.57 bits per heavy atom. The average molecular weight is 386 g/mol. The maximum absolute atomic E-state index is 11.9. The van der Waals surface area contributed by atoms with Crippen LogP contribution < -0.4 is 20.1 Å². The van der Waals surface area contributed by atoms with Gasteiger partial charge in [0, 0.05) is 13.1 Å². The number of ether oxygens (including phenoxy) is 3. The third kappa shape index (κ3) is 6.19. The number of urea groups is 1. The third-order valence-corrected chi connectivity index (χ3v) is 4.07. The van der Waals surface area contributed by atoms with E-state index in [-0.39, 0.29) is 12.0 Å². The number of hydrogen-bond acceptors (Lipinski definition) is 5. The van der Waals surface area contributed by atoms with E-state index in [1.54, 1.807) is 45.4 Å².